The molecule has 0 spiro atoms. The molecule has 2 aromatic rings. The van der Waals surface area contributed by atoms with Crippen LogP contribution in [-0.2, 0) is 4.79 Å². The highest BCUT2D eigenvalue weighted by Crippen LogP contribution is 2.38. The summed E-state index contributed by atoms with van der Waals surface area (Å²) in [5, 5.41) is 5.85. The van der Waals surface area contributed by atoms with Gasteiger partial charge in [0.25, 0.3) is 11.8 Å². The summed E-state index contributed by atoms with van der Waals surface area (Å²) in [4.78, 5) is 24.4. The lowest BCUT2D eigenvalue weighted by molar-refractivity contribution is -0.122. The van der Waals surface area contributed by atoms with Crippen molar-refractivity contribution in [3.8, 4) is 5.75 Å². The molecule has 128 valence electrons. The second-order valence-electron chi connectivity index (χ2n) is 6.68. The van der Waals surface area contributed by atoms with E-state index < -0.39 is 6.10 Å². The third kappa shape index (κ3) is 2.97. The Bertz CT molecular complexity index is 813. The van der Waals surface area contributed by atoms with E-state index in [1.807, 2.05) is 18.2 Å². The van der Waals surface area contributed by atoms with E-state index in [9.17, 15) is 9.59 Å². The molecule has 1 fully saturated rings. The third-order valence-corrected chi connectivity index (χ3v) is 4.93. The fourth-order valence-electron chi connectivity index (χ4n) is 3.40. The lowest BCUT2D eigenvalue weighted by Gasteiger charge is -2.36. The van der Waals surface area contributed by atoms with Gasteiger partial charge in [0.1, 0.15) is 0 Å². The van der Waals surface area contributed by atoms with E-state index in [4.69, 9.17) is 4.74 Å². The highest BCUT2D eigenvalue weighted by molar-refractivity contribution is 6.04. The smallest absolute Gasteiger partial charge is 0.265 e. The van der Waals surface area contributed by atoms with Crippen molar-refractivity contribution >= 4 is 17.5 Å². The van der Waals surface area contributed by atoms with Crippen molar-refractivity contribution in [2.24, 2.45) is 0 Å². The minimum absolute atomic E-state index is 0.156. The number of benzene rings is 2. The molecule has 1 aliphatic carbocycles. The fraction of sp³-hybridized carbons (Fsp3) is 0.300. The Balaban J connectivity index is 1.43. The van der Waals surface area contributed by atoms with Crippen molar-refractivity contribution in [1.29, 1.82) is 0 Å². The van der Waals surface area contributed by atoms with Crippen molar-refractivity contribution in [3.63, 3.8) is 0 Å². The molecule has 1 atom stereocenters. The molecule has 2 amide bonds. The molecule has 2 N–H and O–H groups in total. The first-order valence-corrected chi connectivity index (χ1v) is 8.58. The van der Waals surface area contributed by atoms with Crippen LogP contribution < -0.4 is 15.4 Å². The lowest BCUT2D eigenvalue weighted by Crippen LogP contribution is -2.44. The van der Waals surface area contributed by atoms with Crippen LogP contribution in [0.5, 0.6) is 5.75 Å². The minimum Gasteiger partial charge on any atom is -0.478 e. The second kappa shape index (κ2) is 6.24. The predicted molar refractivity (Wildman–Crippen MR) is 94.8 cm³/mol. The van der Waals surface area contributed by atoms with Crippen LogP contribution in [0.4, 0.5) is 5.69 Å². The monoisotopic (exact) mass is 336 g/mol. The van der Waals surface area contributed by atoms with Gasteiger partial charge in [0, 0.05) is 6.04 Å². The fourth-order valence-corrected chi connectivity index (χ4v) is 3.40. The summed E-state index contributed by atoms with van der Waals surface area (Å²) in [5.74, 6) is 0.601. The van der Waals surface area contributed by atoms with Gasteiger partial charge in [0.2, 0.25) is 0 Å². The van der Waals surface area contributed by atoms with E-state index in [-0.39, 0.29) is 17.9 Å². The van der Waals surface area contributed by atoms with Crippen molar-refractivity contribution < 1.29 is 14.3 Å². The first-order chi connectivity index (χ1) is 12.1. The quantitative estimate of drug-likeness (QED) is 0.905. The van der Waals surface area contributed by atoms with E-state index in [2.05, 4.69) is 22.8 Å². The van der Waals surface area contributed by atoms with E-state index in [1.165, 1.54) is 5.56 Å². The van der Waals surface area contributed by atoms with Crippen LogP contribution in [0.2, 0.25) is 0 Å². The molecule has 1 heterocycles. The Morgan fingerprint density at radius 3 is 2.64 bits per heavy atom. The molecule has 0 bridgehead atoms. The van der Waals surface area contributed by atoms with Crippen LogP contribution in [0.1, 0.15) is 41.6 Å². The van der Waals surface area contributed by atoms with E-state index in [0.717, 1.165) is 12.8 Å². The molecule has 5 heteroatoms. The Morgan fingerprint density at radius 2 is 1.88 bits per heavy atom. The van der Waals surface area contributed by atoms with Crippen LogP contribution in [0.25, 0.3) is 0 Å². The molecule has 0 saturated heterocycles. The van der Waals surface area contributed by atoms with Gasteiger partial charge in [-0.15, -0.1) is 0 Å². The third-order valence-electron chi connectivity index (χ3n) is 4.93. The van der Waals surface area contributed by atoms with Crippen LogP contribution in [0.3, 0.4) is 0 Å². The Kier molecular flexibility index (Phi) is 3.92. The predicted octanol–water partition coefficient (Wildman–Crippen LogP) is 3.08. The summed E-state index contributed by atoms with van der Waals surface area (Å²) in [6, 6.07) is 15.8. The molecular formula is C20H20N2O3. The summed E-state index contributed by atoms with van der Waals surface area (Å²) in [5.41, 5.74) is 2.34. The number of carbonyl (C=O) groups is 2. The summed E-state index contributed by atoms with van der Waals surface area (Å²) in [6.45, 7) is 1.67. The van der Waals surface area contributed by atoms with Gasteiger partial charge in [-0.1, -0.05) is 36.4 Å². The van der Waals surface area contributed by atoms with Crippen LogP contribution in [-0.4, -0.2) is 24.0 Å². The van der Waals surface area contributed by atoms with E-state index in [1.54, 1.807) is 25.1 Å². The number of rotatable bonds is 3. The molecule has 4 rings (SSSR count). The zero-order chi connectivity index (χ0) is 17.4. The zero-order valence-electron chi connectivity index (χ0n) is 14.0. The molecule has 0 aromatic heterocycles. The molecule has 0 unspecified atom stereocenters. The van der Waals surface area contributed by atoms with Crippen LogP contribution in [0.15, 0.2) is 48.5 Å². The van der Waals surface area contributed by atoms with E-state index >= 15 is 0 Å². The SMILES string of the molecule is C[C@@H]1Oc2c(cccc2C(=O)NC2CC(c3ccccc3)C2)NC1=O. The van der Waals surface area contributed by atoms with Gasteiger partial charge >= 0.3 is 0 Å². The van der Waals surface area contributed by atoms with Crippen molar-refractivity contribution in [1.82, 2.24) is 5.32 Å². The number of fused-ring (bicyclic) bond motifs is 1. The number of amides is 2. The van der Waals surface area contributed by atoms with E-state index in [0.29, 0.717) is 22.9 Å². The molecule has 1 saturated carbocycles. The maximum Gasteiger partial charge on any atom is 0.265 e. The van der Waals surface area contributed by atoms with Crippen LogP contribution in [0, 0.1) is 0 Å². The highest BCUT2D eigenvalue weighted by atomic mass is 16.5. The van der Waals surface area contributed by atoms with Crippen LogP contribution >= 0.6 is 0 Å². The number of ether oxygens (including phenoxy) is 1. The van der Waals surface area contributed by atoms with Crippen molar-refractivity contribution in [3.05, 3.63) is 59.7 Å². The number of hydrogen-bond acceptors (Lipinski definition) is 3. The molecule has 5 nitrogen and oxygen atoms in total. The number of hydrogen-bond donors (Lipinski definition) is 2. The first kappa shape index (κ1) is 15.7. The van der Waals surface area contributed by atoms with Gasteiger partial charge in [0.15, 0.2) is 11.9 Å². The van der Waals surface area contributed by atoms with Gasteiger partial charge in [-0.2, -0.15) is 0 Å². The Hall–Kier alpha value is -2.82. The standard InChI is InChI=1S/C20H20N2O3/c1-12-19(23)22-17-9-5-8-16(18(17)25-12)20(24)21-15-10-14(11-15)13-6-3-2-4-7-13/h2-9,12,14-15H,10-11H2,1H3,(H,21,24)(H,22,23)/t12-,14?,15?/m0/s1. The zero-order valence-corrected chi connectivity index (χ0v) is 14.0. The summed E-state index contributed by atoms with van der Waals surface area (Å²) >= 11 is 0. The van der Waals surface area contributed by atoms with Gasteiger partial charge in [-0.3, -0.25) is 9.59 Å². The highest BCUT2D eigenvalue weighted by Gasteiger charge is 2.33. The van der Waals surface area contributed by atoms with Crippen molar-refractivity contribution in [2.75, 3.05) is 5.32 Å². The molecule has 2 aromatic carbocycles. The molecule has 2 aliphatic rings. The average Bonchev–Trinajstić information content (AvgIpc) is 2.59. The summed E-state index contributed by atoms with van der Waals surface area (Å²) in [7, 11) is 0. The second-order valence-corrected chi connectivity index (χ2v) is 6.68. The maximum absolute atomic E-state index is 12.6. The van der Waals surface area contributed by atoms with Gasteiger partial charge < -0.3 is 15.4 Å². The lowest BCUT2D eigenvalue weighted by atomic mass is 9.76. The topological polar surface area (TPSA) is 67.4 Å². The number of carbonyl (C=O) groups excluding carboxylic acids is 2. The number of para-hydroxylation sites is 1. The molecular weight excluding hydrogens is 316 g/mol. The first-order valence-electron chi connectivity index (χ1n) is 8.58. The van der Waals surface area contributed by atoms with Gasteiger partial charge in [-0.05, 0) is 43.4 Å². The van der Waals surface area contributed by atoms with Gasteiger partial charge in [0.05, 0.1) is 11.3 Å². The summed E-state index contributed by atoms with van der Waals surface area (Å²) in [6.07, 6.45) is 1.28. The maximum atomic E-state index is 12.6. The number of nitrogens with one attached hydrogen (secondary N) is 2. The average molecular weight is 336 g/mol. The number of anilines is 1. The summed E-state index contributed by atoms with van der Waals surface area (Å²) < 4.78 is 5.65. The molecule has 0 radical (unpaired) electrons. The molecule has 25 heavy (non-hydrogen) atoms. The molecule has 1 aliphatic heterocycles. The largest absolute Gasteiger partial charge is 0.478 e. The minimum atomic E-state index is -0.604. The normalized spacial score (nSPS) is 24.4. The van der Waals surface area contributed by atoms with Crippen molar-refractivity contribution in [2.45, 2.75) is 37.8 Å². The Labute approximate surface area is 146 Å². The van der Waals surface area contributed by atoms with Gasteiger partial charge in [-0.25, -0.2) is 0 Å². The Morgan fingerprint density at radius 1 is 1.12 bits per heavy atom.